The third-order valence-corrected chi connectivity index (χ3v) is 3.49. The summed E-state index contributed by atoms with van der Waals surface area (Å²) < 4.78 is 0. The quantitative estimate of drug-likeness (QED) is 0.779. The van der Waals surface area contributed by atoms with Crippen LogP contribution in [0.3, 0.4) is 0 Å². The first-order valence-electron chi connectivity index (χ1n) is 5.19. The van der Waals surface area contributed by atoms with Crippen molar-refractivity contribution in [1.29, 1.82) is 0 Å². The Labute approximate surface area is 84.2 Å². The van der Waals surface area contributed by atoms with Gasteiger partial charge in [0.05, 0.1) is 0 Å². The molecular weight excluding hydrogens is 178 g/mol. The number of nitrogens with one attached hydrogen (secondary N) is 1. The van der Waals surface area contributed by atoms with E-state index in [4.69, 9.17) is 0 Å². The molecule has 1 fully saturated rings. The van der Waals surface area contributed by atoms with E-state index >= 15 is 0 Å². The van der Waals surface area contributed by atoms with Crippen LogP contribution in [0.5, 0.6) is 0 Å². The van der Waals surface area contributed by atoms with Gasteiger partial charge in [0.25, 0.3) is 0 Å². The van der Waals surface area contributed by atoms with Crippen molar-refractivity contribution in [3.05, 3.63) is 22.4 Å². The fourth-order valence-corrected chi connectivity index (χ4v) is 2.69. The monoisotopic (exact) mass is 195 g/mol. The number of hydrogen-bond donors (Lipinski definition) is 1. The smallest absolute Gasteiger partial charge is 0.00676 e. The van der Waals surface area contributed by atoms with Crippen LogP contribution in [0, 0.1) is 0 Å². The van der Waals surface area contributed by atoms with Crippen LogP contribution in [0.4, 0.5) is 0 Å². The molecule has 0 radical (unpaired) electrons. The minimum atomic E-state index is 0.818. The van der Waals surface area contributed by atoms with E-state index in [1.807, 2.05) is 0 Å². The van der Waals surface area contributed by atoms with Gasteiger partial charge in [-0.1, -0.05) is 0 Å². The van der Waals surface area contributed by atoms with Crippen molar-refractivity contribution in [2.45, 2.75) is 38.1 Å². The zero-order chi connectivity index (χ0) is 8.93. The Morgan fingerprint density at radius 2 is 2.54 bits per heavy atom. The van der Waals surface area contributed by atoms with Crippen molar-refractivity contribution in [3.8, 4) is 0 Å². The van der Waals surface area contributed by atoms with Gasteiger partial charge in [0, 0.05) is 6.04 Å². The molecular formula is C11H17NS. The molecule has 1 unspecified atom stereocenters. The summed E-state index contributed by atoms with van der Waals surface area (Å²) in [7, 11) is 0. The maximum absolute atomic E-state index is 3.54. The lowest BCUT2D eigenvalue weighted by atomic mass is 10.1. The summed E-state index contributed by atoms with van der Waals surface area (Å²) in [6.45, 7) is 1.24. The summed E-state index contributed by atoms with van der Waals surface area (Å²) in [6.07, 6.45) is 6.73. The lowest BCUT2D eigenvalue weighted by Crippen LogP contribution is -2.20. The lowest BCUT2D eigenvalue weighted by Gasteiger charge is -2.08. The topological polar surface area (TPSA) is 12.0 Å². The van der Waals surface area contributed by atoms with Gasteiger partial charge in [0.1, 0.15) is 0 Å². The summed E-state index contributed by atoms with van der Waals surface area (Å²) in [5, 5.41) is 7.98. The largest absolute Gasteiger partial charge is 0.314 e. The molecule has 72 valence electrons. The number of thiophene rings is 1. The molecule has 2 rings (SSSR count). The van der Waals surface area contributed by atoms with E-state index in [2.05, 4.69) is 22.1 Å². The van der Waals surface area contributed by atoms with Gasteiger partial charge in [-0.2, -0.15) is 11.3 Å². The SMILES string of the molecule is c1cc(CCCC2CCCN2)cs1. The summed E-state index contributed by atoms with van der Waals surface area (Å²) in [4.78, 5) is 0. The Bertz CT molecular complexity index is 224. The molecule has 1 saturated heterocycles. The zero-order valence-electron chi connectivity index (χ0n) is 7.96. The fourth-order valence-electron chi connectivity index (χ4n) is 1.99. The minimum absolute atomic E-state index is 0.818. The van der Waals surface area contributed by atoms with E-state index in [0.717, 1.165) is 6.04 Å². The van der Waals surface area contributed by atoms with E-state index < -0.39 is 0 Å². The molecule has 0 spiro atoms. The predicted octanol–water partition coefficient (Wildman–Crippen LogP) is 2.82. The lowest BCUT2D eigenvalue weighted by molar-refractivity contribution is 0.536. The Morgan fingerprint density at radius 1 is 1.54 bits per heavy atom. The van der Waals surface area contributed by atoms with Crippen LogP contribution >= 0.6 is 11.3 Å². The third-order valence-electron chi connectivity index (χ3n) is 2.76. The Morgan fingerprint density at radius 3 is 3.23 bits per heavy atom. The molecule has 1 aromatic rings. The molecule has 1 nitrogen and oxygen atoms in total. The van der Waals surface area contributed by atoms with E-state index in [9.17, 15) is 0 Å². The maximum atomic E-state index is 3.54. The number of hydrogen-bond acceptors (Lipinski definition) is 2. The van der Waals surface area contributed by atoms with E-state index in [-0.39, 0.29) is 0 Å². The molecule has 1 atom stereocenters. The van der Waals surface area contributed by atoms with E-state index in [1.165, 1.54) is 44.2 Å². The molecule has 2 heteroatoms. The van der Waals surface area contributed by atoms with Gasteiger partial charge in [0.2, 0.25) is 0 Å². The second-order valence-electron chi connectivity index (χ2n) is 3.82. The molecule has 1 aliphatic rings. The van der Waals surface area contributed by atoms with Gasteiger partial charge >= 0.3 is 0 Å². The second kappa shape index (κ2) is 4.77. The average molecular weight is 195 g/mol. The Kier molecular flexibility index (Phi) is 3.39. The second-order valence-corrected chi connectivity index (χ2v) is 4.60. The highest BCUT2D eigenvalue weighted by Crippen LogP contribution is 2.14. The molecule has 0 aliphatic carbocycles. The van der Waals surface area contributed by atoms with Crippen molar-refractivity contribution in [2.24, 2.45) is 0 Å². The molecule has 0 amide bonds. The number of rotatable bonds is 4. The van der Waals surface area contributed by atoms with Crippen LogP contribution < -0.4 is 5.32 Å². The van der Waals surface area contributed by atoms with Crippen molar-refractivity contribution < 1.29 is 0 Å². The minimum Gasteiger partial charge on any atom is -0.314 e. The molecule has 0 aromatic carbocycles. The molecule has 1 aliphatic heterocycles. The van der Waals surface area contributed by atoms with Crippen molar-refractivity contribution >= 4 is 11.3 Å². The standard InChI is InChI=1S/C11H17NS/c1(3-10-6-8-13-9-10)4-11-5-2-7-12-11/h6,8-9,11-12H,1-5,7H2. The van der Waals surface area contributed by atoms with Crippen LogP contribution in [0.15, 0.2) is 16.8 Å². The number of aryl methyl sites for hydroxylation is 1. The molecule has 13 heavy (non-hydrogen) atoms. The van der Waals surface area contributed by atoms with Gasteiger partial charge in [-0.15, -0.1) is 0 Å². The Hall–Kier alpha value is -0.340. The highest BCUT2D eigenvalue weighted by atomic mass is 32.1. The van der Waals surface area contributed by atoms with Crippen LogP contribution in [0.2, 0.25) is 0 Å². The van der Waals surface area contributed by atoms with Crippen LogP contribution in [-0.2, 0) is 6.42 Å². The summed E-state index contributed by atoms with van der Waals surface area (Å²) in [5.74, 6) is 0. The molecule has 1 aromatic heterocycles. The van der Waals surface area contributed by atoms with Gasteiger partial charge in [-0.25, -0.2) is 0 Å². The normalized spacial score (nSPS) is 22.3. The summed E-state index contributed by atoms with van der Waals surface area (Å²) in [6, 6.07) is 3.06. The van der Waals surface area contributed by atoms with Gasteiger partial charge in [0.15, 0.2) is 0 Å². The highest BCUT2D eigenvalue weighted by molar-refractivity contribution is 7.07. The van der Waals surface area contributed by atoms with Crippen molar-refractivity contribution in [3.63, 3.8) is 0 Å². The van der Waals surface area contributed by atoms with E-state index in [0.29, 0.717) is 0 Å². The highest BCUT2D eigenvalue weighted by Gasteiger charge is 2.12. The van der Waals surface area contributed by atoms with Crippen molar-refractivity contribution in [2.75, 3.05) is 6.54 Å². The van der Waals surface area contributed by atoms with E-state index in [1.54, 1.807) is 11.3 Å². The average Bonchev–Trinajstić information content (AvgIpc) is 2.75. The zero-order valence-corrected chi connectivity index (χ0v) is 8.78. The first-order valence-corrected chi connectivity index (χ1v) is 6.14. The summed E-state index contributed by atoms with van der Waals surface area (Å²) >= 11 is 1.81. The first kappa shape index (κ1) is 9.22. The Balaban J connectivity index is 1.63. The molecule has 2 heterocycles. The van der Waals surface area contributed by atoms with Gasteiger partial charge in [-0.3, -0.25) is 0 Å². The van der Waals surface area contributed by atoms with Gasteiger partial charge in [-0.05, 0) is 61.0 Å². The van der Waals surface area contributed by atoms with Crippen LogP contribution in [0.25, 0.3) is 0 Å². The fraction of sp³-hybridized carbons (Fsp3) is 0.636. The molecule has 0 saturated carbocycles. The maximum Gasteiger partial charge on any atom is 0.00676 e. The van der Waals surface area contributed by atoms with Crippen molar-refractivity contribution in [1.82, 2.24) is 5.32 Å². The first-order chi connectivity index (χ1) is 6.45. The van der Waals surface area contributed by atoms with Crippen LogP contribution in [0.1, 0.15) is 31.2 Å². The van der Waals surface area contributed by atoms with Gasteiger partial charge < -0.3 is 5.32 Å². The summed E-state index contributed by atoms with van der Waals surface area (Å²) in [5.41, 5.74) is 1.52. The molecule has 1 N–H and O–H groups in total. The predicted molar refractivity (Wildman–Crippen MR) is 58.3 cm³/mol. The molecule has 0 bridgehead atoms. The van der Waals surface area contributed by atoms with Crippen LogP contribution in [-0.4, -0.2) is 12.6 Å². The third kappa shape index (κ3) is 2.82.